The second-order valence-corrected chi connectivity index (χ2v) is 11.4. The number of pyridine rings is 1. The van der Waals surface area contributed by atoms with Gasteiger partial charge in [0.2, 0.25) is 0 Å². The van der Waals surface area contributed by atoms with E-state index < -0.39 is 0 Å². The number of rotatable bonds is 17. The second kappa shape index (κ2) is 15.9. The Kier molecular flexibility index (Phi) is 11.9. The van der Waals surface area contributed by atoms with Crippen molar-refractivity contribution in [2.45, 2.75) is 129 Å². The minimum atomic E-state index is -0.201. The van der Waals surface area contributed by atoms with Gasteiger partial charge in [0.05, 0.1) is 11.2 Å². The van der Waals surface area contributed by atoms with E-state index in [1.807, 2.05) is 12.1 Å². The summed E-state index contributed by atoms with van der Waals surface area (Å²) in [7, 11) is 0. The quantitative estimate of drug-likeness (QED) is 0.180. The van der Waals surface area contributed by atoms with Gasteiger partial charge in [-0.05, 0) is 86.1 Å². The first-order valence-electron chi connectivity index (χ1n) is 15.7. The third kappa shape index (κ3) is 8.82. The maximum Gasteiger partial charge on any atom is 0.123 e. The largest absolute Gasteiger partial charge is 0.355 e. The minimum absolute atomic E-state index is 0.201. The third-order valence-corrected chi connectivity index (χ3v) is 8.26. The van der Waals surface area contributed by atoms with Crippen molar-refractivity contribution in [3.8, 4) is 0 Å². The van der Waals surface area contributed by atoms with E-state index in [9.17, 15) is 4.39 Å². The van der Waals surface area contributed by atoms with Crippen LogP contribution in [-0.4, -0.2) is 4.98 Å². The molecule has 1 heterocycles. The first-order chi connectivity index (χ1) is 18.7. The van der Waals surface area contributed by atoms with Gasteiger partial charge in [-0.3, -0.25) is 4.98 Å². The van der Waals surface area contributed by atoms with Crippen LogP contribution in [0.15, 0.2) is 42.5 Å². The molecule has 2 nitrogen and oxygen atoms in total. The van der Waals surface area contributed by atoms with Gasteiger partial charge in [-0.2, -0.15) is 0 Å². The van der Waals surface area contributed by atoms with Crippen molar-refractivity contribution in [3.63, 3.8) is 0 Å². The highest BCUT2D eigenvalue weighted by Gasteiger charge is 2.19. The molecule has 206 valence electrons. The highest BCUT2D eigenvalue weighted by atomic mass is 19.1. The Hall–Kier alpha value is -2.42. The second-order valence-electron chi connectivity index (χ2n) is 11.4. The third-order valence-electron chi connectivity index (χ3n) is 8.26. The molecule has 0 amide bonds. The summed E-state index contributed by atoms with van der Waals surface area (Å²) in [6, 6.07) is 13.5. The molecule has 1 N–H and O–H groups in total. The average Bonchev–Trinajstić information content (AvgIpc) is 2.94. The van der Waals surface area contributed by atoms with Gasteiger partial charge in [0.15, 0.2) is 0 Å². The van der Waals surface area contributed by atoms with E-state index in [2.05, 4.69) is 30.4 Å². The fourth-order valence-corrected chi connectivity index (χ4v) is 5.97. The van der Waals surface area contributed by atoms with E-state index in [1.165, 1.54) is 143 Å². The number of nitrogens with one attached hydrogen (secondary N) is 1. The number of halogens is 1. The molecule has 0 spiro atoms. The van der Waals surface area contributed by atoms with Gasteiger partial charge in [-0.25, -0.2) is 4.39 Å². The summed E-state index contributed by atoms with van der Waals surface area (Å²) in [5.74, 6) is -0.201. The number of anilines is 2. The Morgan fingerprint density at radius 2 is 1.32 bits per heavy atom. The van der Waals surface area contributed by atoms with Crippen molar-refractivity contribution >= 4 is 22.3 Å². The Morgan fingerprint density at radius 3 is 1.97 bits per heavy atom. The van der Waals surface area contributed by atoms with E-state index in [0.717, 1.165) is 30.5 Å². The SMILES string of the molecule is CCCCCCCCCCCCCCCCc1ccc2nc3c(c(Nc4ccc(F)cc4)c2c1)CCCC3. The van der Waals surface area contributed by atoms with E-state index in [0.29, 0.717) is 0 Å². The first-order valence-corrected chi connectivity index (χ1v) is 15.7. The van der Waals surface area contributed by atoms with Crippen LogP contribution in [0, 0.1) is 5.82 Å². The Morgan fingerprint density at radius 1 is 0.711 bits per heavy atom. The molecule has 0 radical (unpaired) electrons. The van der Waals surface area contributed by atoms with Crippen molar-refractivity contribution < 1.29 is 4.39 Å². The predicted molar refractivity (Wildman–Crippen MR) is 162 cm³/mol. The Bertz CT molecular complexity index is 1110. The average molecular weight is 517 g/mol. The topological polar surface area (TPSA) is 24.9 Å². The zero-order chi connectivity index (χ0) is 26.4. The summed E-state index contributed by atoms with van der Waals surface area (Å²) in [6.45, 7) is 2.29. The van der Waals surface area contributed by atoms with Crippen molar-refractivity contribution in [2.75, 3.05) is 5.32 Å². The van der Waals surface area contributed by atoms with Crippen LogP contribution in [0.2, 0.25) is 0 Å². The molecule has 0 saturated carbocycles. The van der Waals surface area contributed by atoms with Gasteiger partial charge in [0.25, 0.3) is 0 Å². The summed E-state index contributed by atoms with van der Waals surface area (Å²) in [5, 5.41) is 4.85. The molecule has 38 heavy (non-hydrogen) atoms. The van der Waals surface area contributed by atoms with Gasteiger partial charge < -0.3 is 5.32 Å². The highest BCUT2D eigenvalue weighted by Crippen LogP contribution is 2.36. The van der Waals surface area contributed by atoms with Gasteiger partial charge in [-0.15, -0.1) is 0 Å². The summed E-state index contributed by atoms with van der Waals surface area (Å²) in [5.41, 5.74) is 7.16. The molecule has 3 heteroatoms. The molecular weight excluding hydrogens is 467 g/mol. The molecule has 0 bridgehead atoms. The molecular formula is C35H49FN2. The standard InChI is InChI=1S/C35H49FN2/c1-2-3-4-5-6-7-8-9-10-11-12-13-14-15-18-28-21-26-34-32(27-28)35(31-19-16-17-20-33(31)38-34)37-30-24-22-29(36)23-25-30/h21-27H,2-20H2,1H3,(H,37,38). The van der Waals surface area contributed by atoms with Crippen molar-refractivity contribution in [1.29, 1.82) is 0 Å². The number of nitrogens with zero attached hydrogens (tertiary/aromatic N) is 1. The molecule has 1 aliphatic carbocycles. The van der Waals surface area contributed by atoms with Crippen molar-refractivity contribution in [2.24, 2.45) is 0 Å². The zero-order valence-corrected chi connectivity index (χ0v) is 23.8. The lowest BCUT2D eigenvalue weighted by molar-refractivity contribution is 0.535. The summed E-state index contributed by atoms with van der Waals surface area (Å²) in [4.78, 5) is 5.05. The molecule has 0 aliphatic heterocycles. The molecule has 0 fully saturated rings. The molecule has 0 unspecified atom stereocenters. The monoisotopic (exact) mass is 516 g/mol. The van der Waals surface area contributed by atoms with Gasteiger partial charge in [0, 0.05) is 16.8 Å². The summed E-state index contributed by atoms with van der Waals surface area (Å²) < 4.78 is 13.5. The number of fused-ring (bicyclic) bond motifs is 2. The lowest BCUT2D eigenvalue weighted by Gasteiger charge is -2.22. The van der Waals surface area contributed by atoms with Gasteiger partial charge in [-0.1, -0.05) is 96.5 Å². The highest BCUT2D eigenvalue weighted by molar-refractivity contribution is 5.95. The number of hydrogen-bond donors (Lipinski definition) is 1. The van der Waals surface area contributed by atoms with Crippen LogP contribution in [0.5, 0.6) is 0 Å². The fraction of sp³-hybridized carbons (Fsp3) is 0.571. The van der Waals surface area contributed by atoms with Gasteiger partial charge in [0.1, 0.15) is 5.82 Å². The van der Waals surface area contributed by atoms with E-state index >= 15 is 0 Å². The number of aromatic nitrogens is 1. The van der Waals surface area contributed by atoms with Crippen LogP contribution < -0.4 is 5.32 Å². The van der Waals surface area contributed by atoms with E-state index in [-0.39, 0.29) is 5.82 Å². The maximum atomic E-state index is 13.5. The molecule has 4 rings (SSSR count). The van der Waals surface area contributed by atoms with Crippen LogP contribution >= 0.6 is 0 Å². The zero-order valence-electron chi connectivity index (χ0n) is 23.8. The molecule has 0 atom stereocenters. The molecule has 1 aliphatic rings. The maximum absolute atomic E-state index is 13.5. The molecule has 3 aromatic rings. The number of unbranched alkanes of at least 4 members (excludes halogenated alkanes) is 13. The first kappa shape index (κ1) is 28.6. The number of hydrogen-bond acceptors (Lipinski definition) is 2. The van der Waals surface area contributed by atoms with Crippen LogP contribution in [0.3, 0.4) is 0 Å². The normalized spacial score (nSPS) is 13.1. The van der Waals surface area contributed by atoms with Crippen LogP contribution in [0.25, 0.3) is 10.9 Å². The fourth-order valence-electron chi connectivity index (χ4n) is 5.97. The van der Waals surface area contributed by atoms with Crippen LogP contribution in [0.4, 0.5) is 15.8 Å². The predicted octanol–water partition coefficient (Wildman–Crippen LogP) is 11.0. The van der Waals surface area contributed by atoms with Crippen molar-refractivity contribution in [3.05, 3.63) is 65.1 Å². The smallest absolute Gasteiger partial charge is 0.123 e. The van der Waals surface area contributed by atoms with Crippen molar-refractivity contribution in [1.82, 2.24) is 4.98 Å². The lowest BCUT2D eigenvalue weighted by atomic mass is 9.91. The van der Waals surface area contributed by atoms with E-state index in [4.69, 9.17) is 4.98 Å². The molecule has 1 aromatic heterocycles. The minimum Gasteiger partial charge on any atom is -0.355 e. The summed E-state index contributed by atoms with van der Waals surface area (Å²) in [6.07, 6.45) is 25.2. The summed E-state index contributed by atoms with van der Waals surface area (Å²) >= 11 is 0. The van der Waals surface area contributed by atoms with Gasteiger partial charge >= 0.3 is 0 Å². The Labute approximate surface area is 230 Å². The van der Waals surface area contributed by atoms with Crippen LogP contribution in [-0.2, 0) is 19.3 Å². The van der Waals surface area contributed by atoms with Crippen LogP contribution in [0.1, 0.15) is 126 Å². The molecule has 2 aromatic carbocycles. The lowest BCUT2D eigenvalue weighted by Crippen LogP contribution is -2.09. The number of benzene rings is 2. The molecule has 0 saturated heterocycles. The van der Waals surface area contributed by atoms with E-state index in [1.54, 1.807) is 0 Å². The Balaban J connectivity index is 1.24. The number of aryl methyl sites for hydroxylation is 2.